The molecule has 3 aromatic rings. The highest BCUT2D eigenvalue weighted by atomic mass is 32.2. The zero-order valence-electron chi connectivity index (χ0n) is 18.1. The van der Waals surface area contributed by atoms with Crippen molar-refractivity contribution in [3.8, 4) is 17.6 Å². The van der Waals surface area contributed by atoms with Gasteiger partial charge in [0.25, 0.3) is 5.56 Å². The van der Waals surface area contributed by atoms with Gasteiger partial charge >= 0.3 is 0 Å². The number of methoxy groups -OCH3 is 2. The van der Waals surface area contributed by atoms with Crippen LogP contribution in [0.3, 0.4) is 0 Å². The van der Waals surface area contributed by atoms with Gasteiger partial charge in [0.15, 0.2) is 16.7 Å². The maximum absolute atomic E-state index is 12.8. The maximum Gasteiger partial charge on any atom is 0.255 e. The highest BCUT2D eigenvalue weighted by molar-refractivity contribution is 7.98. The van der Waals surface area contributed by atoms with Crippen LogP contribution in [0.25, 0.3) is 0 Å². The highest BCUT2D eigenvalue weighted by Gasteiger charge is 2.16. The van der Waals surface area contributed by atoms with E-state index in [9.17, 15) is 4.79 Å². The van der Waals surface area contributed by atoms with Crippen LogP contribution in [-0.2, 0) is 12.2 Å². The number of rotatable bonds is 8. The summed E-state index contributed by atoms with van der Waals surface area (Å²) in [6.07, 6.45) is 0.516. The van der Waals surface area contributed by atoms with E-state index in [1.165, 1.54) is 11.8 Å². The van der Waals surface area contributed by atoms with Crippen molar-refractivity contribution in [3.63, 3.8) is 0 Å². The third-order valence-electron chi connectivity index (χ3n) is 4.87. The normalized spacial score (nSPS) is 10.7. The third kappa shape index (κ3) is 5.47. The van der Waals surface area contributed by atoms with E-state index in [1.54, 1.807) is 26.4 Å². The number of aromatic amines is 1. The molecule has 6 nitrogen and oxygen atoms in total. The minimum absolute atomic E-state index is 0.0453. The molecule has 1 N–H and O–H groups in total. The topological polar surface area (TPSA) is 88.0 Å². The number of hydrogen-bond acceptors (Lipinski definition) is 6. The second-order valence-corrected chi connectivity index (χ2v) is 8.31. The molecular formula is C24H25N3O3S. The Balaban J connectivity index is 1.88. The predicted octanol–water partition coefficient (Wildman–Crippen LogP) is 4.67. The molecule has 0 aliphatic carbocycles. The number of nitrogens with one attached hydrogen (secondary N) is 1. The molecule has 0 amide bonds. The monoisotopic (exact) mass is 435 g/mol. The van der Waals surface area contributed by atoms with Gasteiger partial charge in [-0.1, -0.05) is 43.8 Å². The Hall–Kier alpha value is -3.24. The summed E-state index contributed by atoms with van der Waals surface area (Å²) in [6.45, 7) is 3.99. The van der Waals surface area contributed by atoms with Crippen LogP contribution in [-0.4, -0.2) is 24.2 Å². The first-order valence-electron chi connectivity index (χ1n) is 9.91. The molecule has 0 atom stereocenters. The second-order valence-electron chi connectivity index (χ2n) is 7.35. The third-order valence-corrected chi connectivity index (χ3v) is 5.81. The number of nitrogens with zero attached hydrogens (tertiary/aromatic N) is 2. The highest BCUT2D eigenvalue weighted by Crippen LogP contribution is 2.29. The molecule has 1 aromatic heterocycles. The molecule has 0 radical (unpaired) electrons. The van der Waals surface area contributed by atoms with Crippen molar-refractivity contribution in [3.05, 3.63) is 80.8 Å². The molecule has 0 aliphatic heterocycles. The average Bonchev–Trinajstić information content (AvgIpc) is 2.77. The lowest BCUT2D eigenvalue weighted by Crippen LogP contribution is -2.20. The van der Waals surface area contributed by atoms with Gasteiger partial charge in [0.05, 0.1) is 31.5 Å². The second kappa shape index (κ2) is 10.2. The van der Waals surface area contributed by atoms with Crippen LogP contribution in [0.2, 0.25) is 0 Å². The zero-order valence-corrected chi connectivity index (χ0v) is 18.9. The van der Waals surface area contributed by atoms with Crippen LogP contribution in [0.15, 0.2) is 52.4 Å². The smallest absolute Gasteiger partial charge is 0.255 e. The van der Waals surface area contributed by atoms with Gasteiger partial charge in [-0.3, -0.25) is 4.79 Å². The van der Waals surface area contributed by atoms with E-state index in [0.717, 1.165) is 16.8 Å². The Morgan fingerprint density at radius 3 is 2.35 bits per heavy atom. The lowest BCUT2D eigenvalue weighted by Gasteiger charge is -2.14. The van der Waals surface area contributed by atoms with Crippen LogP contribution >= 0.6 is 11.8 Å². The minimum Gasteiger partial charge on any atom is -0.493 e. The predicted molar refractivity (Wildman–Crippen MR) is 122 cm³/mol. The Labute approximate surface area is 186 Å². The fraction of sp³-hybridized carbons (Fsp3) is 0.292. The SMILES string of the molecule is COc1ccc(Cc2nc(SCc3ccc(C#N)cc3)[nH]c(=O)c2C(C)C)cc1OC. The molecule has 160 valence electrons. The van der Waals surface area contributed by atoms with Crippen LogP contribution in [0, 0.1) is 11.3 Å². The number of hydrogen-bond donors (Lipinski definition) is 1. The summed E-state index contributed by atoms with van der Waals surface area (Å²) in [4.78, 5) is 20.5. The van der Waals surface area contributed by atoms with E-state index >= 15 is 0 Å². The van der Waals surface area contributed by atoms with Gasteiger partial charge in [0.1, 0.15) is 0 Å². The lowest BCUT2D eigenvalue weighted by molar-refractivity contribution is 0.354. The first-order valence-corrected chi connectivity index (χ1v) is 10.9. The molecule has 1 heterocycles. The molecule has 0 saturated carbocycles. The lowest BCUT2D eigenvalue weighted by atomic mass is 9.98. The molecule has 3 rings (SSSR count). The summed E-state index contributed by atoms with van der Waals surface area (Å²) in [6, 6.07) is 15.2. The number of benzene rings is 2. The minimum atomic E-state index is -0.109. The van der Waals surface area contributed by atoms with Gasteiger partial charge in [-0.2, -0.15) is 5.26 Å². The Kier molecular flexibility index (Phi) is 7.37. The van der Waals surface area contributed by atoms with Crippen LogP contribution in [0.5, 0.6) is 11.5 Å². The Morgan fingerprint density at radius 2 is 1.74 bits per heavy atom. The van der Waals surface area contributed by atoms with Gasteiger partial charge in [-0.25, -0.2) is 4.98 Å². The van der Waals surface area contributed by atoms with Crippen molar-refractivity contribution in [2.45, 2.75) is 37.1 Å². The largest absolute Gasteiger partial charge is 0.493 e. The molecule has 0 bridgehead atoms. The first kappa shape index (κ1) is 22.4. The van der Waals surface area contributed by atoms with E-state index in [4.69, 9.17) is 19.7 Å². The summed E-state index contributed by atoms with van der Waals surface area (Å²) in [7, 11) is 3.20. The van der Waals surface area contributed by atoms with E-state index in [1.807, 2.05) is 44.2 Å². The van der Waals surface area contributed by atoms with Crippen molar-refractivity contribution >= 4 is 11.8 Å². The van der Waals surface area contributed by atoms with Gasteiger partial charge in [0, 0.05) is 17.7 Å². The standard InChI is InChI=1S/C24H25N3O3S/c1-15(2)22-19(11-18-9-10-20(29-3)21(12-18)30-4)26-24(27-23(22)28)31-14-17-7-5-16(13-25)6-8-17/h5-10,12,15H,11,14H2,1-4H3,(H,26,27,28). The van der Waals surface area contributed by atoms with Crippen molar-refractivity contribution in [1.29, 1.82) is 5.26 Å². The molecule has 0 unspecified atom stereocenters. The molecule has 0 fully saturated rings. The molecule has 0 aliphatic rings. The quantitative estimate of drug-likeness (QED) is 0.409. The molecule has 0 spiro atoms. The van der Waals surface area contributed by atoms with E-state index in [0.29, 0.717) is 40.0 Å². The van der Waals surface area contributed by atoms with Crippen molar-refractivity contribution in [1.82, 2.24) is 9.97 Å². The van der Waals surface area contributed by atoms with Crippen LogP contribution in [0.1, 0.15) is 47.7 Å². The van der Waals surface area contributed by atoms with Crippen molar-refractivity contribution in [2.24, 2.45) is 0 Å². The van der Waals surface area contributed by atoms with Crippen LogP contribution in [0.4, 0.5) is 0 Å². The average molecular weight is 436 g/mol. The summed E-state index contributed by atoms with van der Waals surface area (Å²) in [5.74, 6) is 1.99. The Morgan fingerprint density at radius 1 is 1.06 bits per heavy atom. The number of thioether (sulfide) groups is 1. The Bertz CT molecular complexity index is 1150. The van der Waals surface area contributed by atoms with E-state index in [2.05, 4.69) is 11.1 Å². The van der Waals surface area contributed by atoms with Gasteiger partial charge in [-0.15, -0.1) is 0 Å². The maximum atomic E-state index is 12.8. The fourth-order valence-electron chi connectivity index (χ4n) is 3.32. The van der Waals surface area contributed by atoms with Crippen LogP contribution < -0.4 is 15.0 Å². The van der Waals surface area contributed by atoms with Crippen molar-refractivity contribution < 1.29 is 9.47 Å². The fourth-order valence-corrected chi connectivity index (χ4v) is 4.15. The van der Waals surface area contributed by atoms with Crippen molar-refractivity contribution in [2.75, 3.05) is 14.2 Å². The molecule has 2 aromatic carbocycles. The number of aromatic nitrogens is 2. The molecule has 7 heteroatoms. The van der Waals surface area contributed by atoms with E-state index in [-0.39, 0.29) is 11.5 Å². The summed E-state index contributed by atoms with van der Waals surface area (Å²) < 4.78 is 10.7. The number of ether oxygens (including phenoxy) is 2. The molecular weight excluding hydrogens is 410 g/mol. The zero-order chi connectivity index (χ0) is 22.4. The van der Waals surface area contributed by atoms with Gasteiger partial charge in [-0.05, 0) is 41.3 Å². The number of nitriles is 1. The summed E-state index contributed by atoms with van der Waals surface area (Å²) >= 11 is 1.47. The van der Waals surface area contributed by atoms with Gasteiger partial charge < -0.3 is 14.5 Å². The number of H-pyrrole nitrogens is 1. The summed E-state index contributed by atoms with van der Waals surface area (Å²) in [5, 5.41) is 9.51. The molecule has 0 saturated heterocycles. The molecule has 31 heavy (non-hydrogen) atoms. The summed E-state index contributed by atoms with van der Waals surface area (Å²) in [5.41, 5.74) is 4.01. The van der Waals surface area contributed by atoms with E-state index < -0.39 is 0 Å². The van der Waals surface area contributed by atoms with Gasteiger partial charge in [0.2, 0.25) is 0 Å². The first-order chi connectivity index (χ1) is 14.9.